The Balaban J connectivity index is 1.67. The van der Waals surface area contributed by atoms with Crippen LogP contribution < -0.4 is 15.4 Å². The van der Waals surface area contributed by atoms with Gasteiger partial charge in [-0.05, 0) is 74.6 Å². The number of carbonyl (C=O) groups excluding carboxylic acids is 3. The molecular weight excluding hydrogens is 729 g/mol. The molecule has 1 aliphatic heterocycles. The molecule has 0 spiro atoms. The van der Waals surface area contributed by atoms with Crippen LogP contribution in [0.4, 0.5) is 19.3 Å². The van der Waals surface area contributed by atoms with Crippen molar-refractivity contribution < 1.29 is 37.4 Å². The highest BCUT2D eigenvalue weighted by molar-refractivity contribution is 6.31. The van der Waals surface area contributed by atoms with Crippen LogP contribution in [0.1, 0.15) is 75.4 Å². The lowest BCUT2D eigenvalue weighted by molar-refractivity contribution is -0.118. The maximum Gasteiger partial charge on any atom is 0.410 e. The van der Waals surface area contributed by atoms with Crippen molar-refractivity contribution in [3.63, 3.8) is 0 Å². The molecule has 0 aromatic heterocycles. The number of carbonyl (C=O) groups is 3. The summed E-state index contributed by atoms with van der Waals surface area (Å²) in [4.78, 5) is 41.0. The van der Waals surface area contributed by atoms with Crippen molar-refractivity contribution in [3.05, 3.63) is 93.0 Å². The van der Waals surface area contributed by atoms with Gasteiger partial charge in [0, 0.05) is 35.1 Å². The first-order chi connectivity index (χ1) is 25.0. The molecule has 2 N–H and O–H groups in total. The number of amides is 2. The number of methoxy groups -OCH3 is 1. The maximum atomic E-state index is 16.0. The molecule has 3 aromatic carbocycles. The van der Waals surface area contributed by atoms with E-state index in [9.17, 15) is 19.6 Å². The zero-order valence-corrected chi connectivity index (χ0v) is 32.2. The third kappa shape index (κ3) is 9.03. The van der Waals surface area contributed by atoms with Crippen LogP contribution in [0.25, 0.3) is 0 Å². The Bertz CT molecular complexity index is 1880. The fourth-order valence-corrected chi connectivity index (χ4v) is 7.16. The third-order valence-corrected chi connectivity index (χ3v) is 9.69. The Morgan fingerprint density at radius 1 is 1.06 bits per heavy atom. The van der Waals surface area contributed by atoms with Gasteiger partial charge in [-0.2, -0.15) is 5.26 Å². The van der Waals surface area contributed by atoms with Crippen LogP contribution in [0.2, 0.25) is 10.0 Å². The minimum Gasteiger partial charge on any atom is -0.495 e. The van der Waals surface area contributed by atoms with E-state index < -0.39 is 58.4 Å². The second kappa shape index (κ2) is 17.1. The van der Waals surface area contributed by atoms with Crippen LogP contribution >= 0.6 is 23.2 Å². The van der Waals surface area contributed by atoms with E-state index in [0.29, 0.717) is 13.0 Å². The highest BCUT2D eigenvalue weighted by Gasteiger charge is 2.61. The predicted octanol–water partition coefficient (Wildman–Crippen LogP) is 8.26. The van der Waals surface area contributed by atoms with Crippen molar-refractivity contribution in [2.75, 3.05) is 32.2 Å². The van der Waals surface area contributed by atoms with E-state index >= 15 is 8.78 Å². The van der Waals surface area contributed by atoms with Crippen LogP contribution in [0.3, 0.4) is 0 Å². The molecule has 14 heteroatoms. The molecule has 1 saturated heterocycles. The number of nitrogens with one attached hydrogen (secondary N) is 2. The summed E-state index contributed by atoms with van der Waals surface area (Å²) in [6, 6.07) is 12.5. The summed E-state index contributed by atoms with van der Waals surface area (Å²) in [7, 11) is 1.34. The quantitative estimate of drug-likeness (QED) is 0.139. The number of benzene rings is 3. The molecule has 284 valence electrons. The summed E-state index contributed by atoms with van der Waals surface area (Å²) >= 11 is 12.4. The molecule has 0 unspecified atom stereocenters. The Morgan fingerprint density at radius 3 is 2.36 bits per heavy atom. The summed E-state index contributed by atoms with van der Waals surface area (Å²) in [5, 5.41) is 17.0. The molecule has 53 heavy (non-hydrogen) atoms. The average molecular weight is 774 g/mol. The van der Waals surface area contributed by atoms with Gasteiger partial charge in [-0.3, -0.25) is 4.79 Å². The fraction of sp³-hybridized carbons (Fsp3) is 0.436. The number of rotatable bonds is 12. The number of hydrogen-bond donors (Lipinski definition) is 2. The standard InChI is InChI=1S/C39H44Cl2F2N4O6/c1-8-47(22(2)3)37(50)53-17-16-52-36(49)23-12-15-29(30(18-23)51-7)45-35(48)34-32(25-10-9-11-27(41)33(25)43)39(21-44,31(46-34)20-38(4,5)6)26-14-13-24(40)19-28(26)42/h9-15,18-19,22,31-32,34,46H,8,16-17,20H2,1-7H3,(H,45,48)/t31-,32-,34+,39-/m0/s1. The first kappa shape index (κ1) is 41.3. The van der Waals surface area contributed by atoms with Gasteiger partial charge < -0.3 is 29.7 Å². The van der Waals surface area contributed by atoms with Gasteiger partial charge in [0.1, 0.15) is 36.0 Å². The molecule has 3 aromatic rings. The molecule has 1 fully saturated rings. The summed E-state index contributed by atoms with van der Waals surface area (Å²) in [6.07, 6.45) is -0.230. The van der Waals surface area contributed by atoms with Crippen LogP contribution in [-0.2, 0) is 19.7 Å². The molecule has 10 nitrogen and oxygen atoms in total. The fourth-order valence-electron chi connectivity index (χ4n) is 6.82. The number of esters is 1. The Morgan fingerprint density at radius 2 is 1.75 bits per heavy atom. The van der Waals surface area contributed by atoms with Gasteiger partial charge >= 0.3 is 12.1 Å². The van der Waals surface area contributed by atoms with Crippen molar-refractivity contribution in [2.24, 2.45) is 5.41 Å². The van der Waals surface area contributed by atoms with Crippen molar-refractivity contribution >= 4 is 46.9 Å². The van der Waals surface area contributed by atoms with Gasteiger partial charge in [0.25, 0.3) is 0 Å². The molecule has 0 saturated carbocycles. The van der Waals surface area contributed by atoms with Crippen molar-refractivity contribution in [3.8, 4) is 11.8 Å². The lowest BCUT2D eigenvalue weighted by Crippen LogP contribution is -2.45. The van der Waals surface area contributed by atoms with Crippen molar-refractivity contribution in [2.45, 2.75) is 77.4 Å². The largest absolute Gasteiger partial charge is 0.495 e. The topological polar surface area (TPSA) is 130 Å². The second-order valence-electron chi connectivity index (χ2n) is 14.2. The number of nitriles is 1. The van der Waals surface area contributed by atoms with Crippen LogP contribution in [0, 0.1) is 28.4 Å². The van der Waals surface area contributed by atoms with E-state index in [4.69, 9.17) is 37.4 Å². The zero-order chi connectivity index (χ0) is 39.2. The molecule has 0 bridgehead atoms. The lowest BCUT2D eigenvalue weighted by atomic mass is 9.62. The third-order valence-electron chi connectivity index (χ3n) is 9.17. The van der Waals surface area contributed by atoms with E-state index in [2.05, 4.69) is 16.7 Å². The predicted molar refractivity (Wildman–Crippen MR) is 198 cm³/mol. The molecule has 0 radical (unpaired) electrons. The van der Waals surface area contributed by atoms with Crippen LogP contribution in [0.5, 0.6) is 5.75 Å². The Hall–Kier alpha value is -4.44. The van der Waals surface area contributed by atoms with E-state index in [1.807, 2.05) is 41.5 Å². The highest BCUT2D eigenvalue weighted by atomic mass is 35.5. The van der Waals surface area contributed by atoms with Crippen LogP contribution in [-0.4, -0.2) is 67.9 Å². The number of halogens is 4. The average Bonchev–Trinajstić information content (AvgIpc) is 3.40. The van der Waals surface area contributed by atoms with Gasteiger partial charge in [0.05, 0.1) is 35.5 Å². The monoisotopic (exact) mass is 772 g/mol. The first-order valence-corrected chi connectivity index (χ1v) is 17.9. The summed E-state index contributed by atoms with van der Waals surface area (Å²) in [6.45, 7) is 11.5. The van der Waals surface area contributed by atoms with Crippen molar-refractivity contribution in [1.29, 1.82) is 5.26 Å². The number of ether oxygens (including phenoxy) is 3. The minimum absolute atomic E-state index is 0.0522. The number of nitrogens with zero attached hydrogens (tertiary/aromatic N) is 2. The van der Waals surface area contributed by atoms with Gasteiger partial charge in [-0.25, -0.2) is 18.4 Å². The Kier molecular flexibility index (Phi) is 13.4. The van der Waals surface area contributed by atoms with Crippen LogP contribution in [0.15, 0.2) is 54.6 Å². The molecule has 4 atom stereocenters. The van der Waals surface area contributed by atoms with E-state index in [1.54, 1.807) is 0 Å². The molecular formula is C39H44Cl2F2N4O6. The first-order valence-electron chi connectivity index (χ1n) is 17.1. The Labute approximate surface area is 318 Å². The van der Waals surface area contributed by atoms with Gasteiger partial charge in [-0.1, -0.05) is 62.2 Å². The van der Waals surface area contributed by atoms with Crippen molar-refractivity contribution in [1.82, 2.24) is 10.2 Å². The molecule has 1 heterocycles. The highest BCUT2D eigenvalue weighted by Crippen LogP contribution is 2.53. The smallest absolute Gasteiger partial charge is 0.410 e. The summed E-state index contributed by atoms with van der Waals surface area (Å²) in [5.41, 5.74) is -2.10. The lowest BCUT2D eigenvalue weighted by Gasteiger charge is -2.37. The van der Waals surface area contributed by atoms with E-state index in [-0.39, 0.29) is 57.4 Å². The molecule has 0 aliphatic carbocycles. The van der Waals surface area contributed by atoms with E-state index in [1.165, 1.54) is 60.5 Å². The van der Waals surface area contributed by atoms with Gasteiger partial charge in [0.15, 0.2) is 0 Å². The minimum atomic E-state index is -1.81. The van der Waals surface area contributed by atoms with Gasteiger partial charge in [-0.15, -0.1) is 0 Å². The molecule has 2 amide bonds. The zero-order valence-electron chi connectivity index (χ0n) is 30.7. The second-order valence-corrected chi connectivity index (χ2v) is 15.1. The normalized spacial score (nSPS) is 19.7. The van der Waals surface area contributed by atoms with E-state index in [0.717, 1.165) is 6.07 Å². The number of hydrogen-bond acceptors (Lipinski definition) is 8. The number of anilines is 1. The molecule has 1 aliphatic rings. The maximum absolute atomic E-state index is 16.0. The summed E-state index contributed by atoms with van der Waals surface area (Å²) in [5.74, 6) is -4.22. The van der Waals surface area contributed by atoms with Gasteiger partial charge in [0.2, 0.25) is 5.91 Å². The molecule has 4 rings (SSSR count). The summed E-state index contributed by atoms with van der Waals surface area (Å²) < 4.78 is 47.9. The SMILES string of the molecule is CCN(C(=O)OCCOC(=O)c1ccc(NC(=O)[C@@H]2N[C@@H](CC(C)(C)C)[C@](C#N)(c3ccc(Cl)cc3F)[C@H]2c2cccc(Cl)c2F)c(OC)c1)C(C)C.